The van der Waals surface area contributed by atoms with Crippen molar-refractivity contribution in [2.45, 2.75) is 17.6 Å². The molecule has 0 bridgehead atoms. The average molecular weight is 314 g/mol. The van der Waals surface area contributed by atoms with Gasteiger partial charge in [-0.05, 0) is 31.0 Å². The molecule has 108 valence electrons. The molecule has 2 rings (SSSR count). The molecule has 1 aromatic carbocycles. The predicted octanol–water partition coefficient (Wildman–Crippen LogP) is 1.08. The van der Waals surface area contributed by atoms with Gasteiger partial charge in [-0.2, -0.15) is 0 Å². The summed E-state index contributed by atoms with van der Waals surface area (Å²) in [6, 6.07) is 6.71. The van der Waals surface area contributed by atoms with Gasteiger partial charge in [-0.25, -0.2) is 8.42 Å². The third-order valence-electron chi connectivity index (χ3n) is 2.63. The molecule has 1 aromatic heterocycles. The number of benzene rings is 1. The van der Waals surface area contributed by atoms with Gasteiger partial charge < -0.3 is 10.1 Å². The van der Waals surface area contributed by atoms with Crippen LogP contribution in [-0.4, -0.2) is 25.1 Å². The van der Waals surface area contributed by atoms with Gasteiger partial charge >= 0.3 is 4.87 Å². The van der Waals surface area contributed by atoms with Gasteiger partial charge in [0.05, 0.1) is 0 Å². The normalized spacial score (nSPS) is 11.5. The molecule has 0 aliphatic heterocycles. The van der Waals surface area contributed by atoms with E-state index in [2.05, 4.69) is 9.71 Å². The Morgan fingerprint density at radius 3 is 2.45 bits per heavy atom. The molecule has 2 aromatic rings. The van der Waals surface area contributed by atoms with Gasteiger partial charge in [0.1, 0.15) is 0 Å². The van der Waals surface area contributed by atoms with Crippen LogP contribution in [0.15, 0.2) is 33.3 Å². The summed E-state index contributed by atoms with van der Waals surface area (Å²) in [6.07, 6.45) is 0.519. The van der Waals surface area contributed by atoms with Gasteiger partial charge in [-0.3, -0.25) is 9.52 Å². The second-order valence-electron chi connectivity index (χ2n) is 4.20. The molecule has 6 nitrogen and oxygen atoms in total. The zero-order valence-corrected chi connectivity index (χ0v) is 12.3. The number of anilines is 1. The number of H-pyrrole nitrogens is 1. The highest BCUT2D eigenvalue weighted by atomic mass is 32.2. The Balaban J connectivity index is 2.24. The predicted molar refractivity (Wildman–Crippen MR) is 77.7 cm³/mol. The first-order valence-electron chi connectivity index (χ1n) is 5.85. The molecule has 8 heteroatoms. The Bertz CT molecular complexity index is 745. The zero-order chi connectivity index (χ0) is 14.8. The van der Waals surface area contributed by atoms with Crippen LogP contribution in [0.3, 0.4) is 0 Å². The minimum absolute atomic E-state index is 0.0121. The summed E-state index contributed by atoms with van der Waals surface area (Å²) in [5.41, 5.74) is 1.65. The molecule has 1 heterocycles. The Labute approximate surface area is 120 Å². The lowest BCUT2D eigenvalue weighted by Crippen LogP contribution is -2.12. The number of nitrogens with one attached hydrogen (secondary N) is 2. The van der Waals surface area contributed by atoms with E-state index in [0.717, 1.165) is 5.56 Å². The van der Waals surface area contributed by atoms with Crippen molar-refractivity contribution in [1.29, 1.82) is 0 Å². The number of hydrogen-bond donors (Lipinski definition) is 3. The third-order valence-corrected chi connectivity index (χ3v) is 5.62. The number of aromatic amines is 1. The van der Waals surface area contributed by atoms with Crippen LogP contribution in [0.5, 0.6) is 0 Å². The van der Waals surface area contributed by atoms with E-state index in [0.29, 0.717) is 29.1 Å². The van der Waals surface area contributed by atoms with Crippen molar-refractivity contribution in [3.05, 3.63) is 45.2 Å². The van der Waals surface area contributed by atoms with Crippen LogP contribution in [0.25, 0.3) is 0 Å². The standard InChI is InChI=1S/C12H14N2O4S2/c1-8-11(19-12(16)13-8)20(17,18)14-10-4-2-9(3-5-10)6-7-15/h2-5,14-15H,6-7H2,1H3,(H,13,16). The van der Waals surface area contributed by atoms with Crippen molar-refractivity contribution in [2.24, 2.45) is 0 Å². The molecule has 0 spiro atoms. The van der Waals surface area contributed by atoms with Crippen LogP contribution in [0.2, 0.25) is 0 Å². The summed E-state index contributed by atoms with van der Waals surface area (Å²) < 4.78 is 26.7. The number of thiazole rings is 1. The van der Waals surface area contributed by atoms with Gasteiger partial charge in [0, 0.05) is 18.0 Å². The Morgan fingerprint density at radius 2 is 1.95 bits per heavy atom. The number of sulfonamides is 1. The van der Waals surface area contributed by atoms with Crippen LogP contribution < -0.4 is 9.60 Å². The maximum Gasteiger partial charge on any atom is 0.306 e. The minimum Gasteiger partial charge on any atom is -0.396 e. The number of rotatable bonds is 5. The molecule has 0 amide bonds. The summed E-state index contributed by atoms with van der Waals surface area (Å²) in [4.78, 5) is 13.2. The van der Waals surface area contributed by atoms with Gasteiger partial charge in [-0.1, -0.05) is 23.5 Å². The lowest BCUT2D eigenvalue weighted by Gasteiger charge is -2.07. The first-order valence-corrected chi connectivity index (χ1v) is 8.14. The molecule has 0 saturated heterocycles. The van der Waals surface area contributed by atoms with Crippen LogP contribution in [0.4, 0.5) is 5.69 Å². The van der Waals surface area contributed by atoms with Crippen LogP contribution in [-0.2, 0) is 16.4 Å². The van der Waals surface area contributed by atoms with Crippen molar-refractivity contribution in [2.75, 3.05) is 11.3 Å². The molecule has 0 radical (unpaired) electrons. The smallest absolute Gasteiger partial charge is 0.306 e. The van der Waals surface area contributed by atoms with Crippen LogP contribution >= 0.6 is 11.3 Å². The van der Waals surface area contributed by atoms with Crippen molar-refractivity contribution >= 4 is 27.0 Å². The molecule has 3 N–H and O–H groups in total. The van der Waals surface area contributed by atoms with E-state index in [1.54, 1.807) is 24.3 Å². The molecule has 0 aliphatic carbocycles. The number of aromatic nitrogens is 1. The quantitative estimate of drug-likeness (QED) is 0.769. The maximum absolute atomic E-state index is 12.1. The van der Waals surface area contributed by atoms with E-state index >= 15 is 0 Å². The zero-order valence-electron chi connectivity index (χ0n) is 10.7. The number of hydrogen-bond acceptors (Lipinski definition) is 5. The highest BCUT2D eigenvalue weighted by Crippen LogP contribution is 2.20. The van der Waals surface area contributed by atoms with E-state index in [4.69, 9.17) is 5.11 Å². The van der Waals surface area contributed by atoms with Gasteiger partial charge in [0.15, 0.2) is 4.21 Å². The minimum atomic E-state index is -3.76. The fourth-order valence-corrected chi connectivity index (χ4v) is 4.08. The number of aryl methyl sites for hydroxylation is 1. The van der Waals surface area contributed by atoms with Crippen molar-refractivity contribution in [1.82, 2.24) is 4.98 Å². The molecule has 20 heavy (non-hydrogen) atoms. The Kier molecular flexibility index (Phi) is 4.26. The first kappa shape index (κ1) is 14.8. The molecule has 0 unspecified atom stereocenters. The van der Waals surface area contributed by atoms with E-state index in [1.165, 1.54) is 6.92 Å². The third kappa shape index (κ3) is 3.27. The summed E-state index contributed by atoms with van der Waals surface area (Å²) in [6.45, 7) is 1.58. The highest BCUT2D eigenvalue weighted by molar-refractivity contribution is 7.94. The molecule has 0 saturated carbocycles. The number of aliphatic hydroxyl groups excluding tert-OH is 1. The fourth-order valence-electron chi connectivity index (χ4n) is 1.72. The maximum atomic E-state index is 12.1. The topological polar surface area (TPSA) is 99.3 Å². The van der Waals surface area contributed by atoms with Gasteiger partial charge in [-0.15, -0.1) is 0 Å². The largest absolute Gasteiger partial charge is 0.396 e. The average Bonchev–Trinajstić information content (AvgIpc) is 2.72. The lowest BCUT2D eigenvalue weighted by molar-refractivity contribution is 0.299. The number of aliphatic hydroxyl groups is 1. The lowest BCUT2D eigenvalue weighted by atomic mass is 10.1. The highest BCUT2D eigenvalue weighted by Gasteiger charge is 2.20. The Morgan fingerprint density at radius 1 is 1.30 bits per heavy atom. The van der Waals surface area contributed by atoms with Gasteiger partial charge in [0.2, 0.25) is 0 Å². The van der Waals surface area contributed by atoms with E-state index in [9.17, 15) is 13.2 Å². The second kappa shape index (κ2) is 5.78. The second-order valence-corrected chi connectivity index (χ2v) is 7.06. The van der Waals surface area contributed by atoms with E-state index < -0.39 is 14.9 Å². The van der Waals surface area contributed by atoms with Crippen molar-refractivity contribution in [3.63, 3.8) is 0 Å². The molecular weight excluding hydrogens is 300 g/mol. The summed E-state index contributed by atoms with van der Waals surface area (Å²) in [5, 5.41) is 8.81. The van der Waals surface area contributed by atoms with Crippen LogP contribution in [0.1, 0.15) is 11.3 Å². The fraction of sp³-hybridized carbons (Fsp3) is 0.250. The molecule has 0 fully saturated rings. The summed E-state index contributed by atoms with van der Waals surface area (Å²) >= 11 is 0.657. The van der Waals surface area contributed by atoms with Crippen molar-refractivity contribution in [3.8, 4) is 0 Å². The Hall–Kier alpha value is -1.64. The SMILES string of the molecule is Cc1[nH]c(=O)sc1S(=O)(=O)Nc1ccc(CCO)cc1. The monoisotopic (exact) mass is 314 g/mol. The molecule has 0 atom stereocenters. The summed E-state index contributed by atoms with van der Waals surface area (Å²) in [7, 11) is -3.76. The molecular formula is C12H14N2O4S2. The summed E-state index contributed by atoms with van der Waals surface area (Å²) in [5.74, 6) is 0. The van der Waals surface area contributed by atoms with E-state index in [1.807, 2.05) is 0 Å². The van der Waals surface area contributed by atoms with E-state index in [-0.39, 0.29) is 10.8 Å². The molecule has 0 aliphatic rings. The first-order chi connectivity index (χ1) is 9.42. The van der Waals surface area contributed by atoms with Crippen molar-refractivity contribution < 1.29 is 13.5 Å². The van der Waals surface area contributed by atoms with Crippen LogP contribution in [0, 0.1) is 6.92 Å². The van der Waals surface area contributed by atoms with Gasteiger partial charge in [0.25, 0.3) is 10.0 Å².